The Balaban J connectivity index is 1.53. The quantitative estimate of drug-likeness (QED) is 0.400. The molecule has 0 aromatic heterocycles. The average molecular weight is 381 g/mol. The van der Waals surface area contributed by atoms with E-state index in [1.165, 1.54) is 55.2 Å². The topological polar surface area (TPSA) is 9.23 Å². The molecule has 0 N–H and O–H groups in total. The number of ether oxygens (including phenoxy) is 1. The minimum atomic E-state index is 0.651. The van der Waals surface area contributed by atoms with Gasteiger partial charge in [0.15, 0.2) is 0 Å². The number of unbranched alkanes of at least 4 members (excludes halogenated alkanes) is 2. The van der Waals surface area contributed by atoms with Crippen LogP contribution >= 0.6 is 0 Å². The van der Waals surface area contributed by atoms with Crippen molar-refractivity contribution in [3.8, 4) is 16.9 Å². The molecule has 2 aromatic rings. The van der Waals surface area contributed by atoms with E-state index in [2.05, 4.69) is 55.5 Å². The molecule has 0 amide bonds. The molecule has 3 rings (SSSR count). The van der Waals surface area contributed by atoms with E-state index >= 15 is 0 Å². The monoisotopic (exact) mass is 380 g/mol. The smallest absolute Gasteiger partial charge is 0.119 e. The van der Waals surface area contributed by atoms with Crippen molar-refractivity contribution < 1.29 is 9.13 Å². The van der Waals surface area contributed by atoms with E-state index < -0.39 is 0 Å². The highest BCUT2D eigenvalue weighted by atomic mass is 19.1. The molecule has 2 heteroatoms. The summed E-state index contributed by atoms with van der Waals surface area (Å²) in [5.74, 6) is 2.26. The summed E-state index contributed by atoms with van der Waals surface area (Å²) in [4.78, 5) is 0. The number of allylic oxidation sites excluding steroid dienone is 1. The van der Waals surface area contributed by atoms with Crippen LogP contribution in [-0.4, -0.2) is 6.61 Å². The Hall–Kier alpha value is -2.09. The molecule has 1 fully saturated rings. The molecule has 0 aliphatic heterocycles. The van der Waals surface area contributed by atoms with Gasteiger partial charge in [0.2, 0.25) is 0 Å². The van der Waals surface area contributed by atoms with Gasteiger partial charge in [0, 0.05) is 0 Å². The van der Waals surface area contributed by atoms with Crippen molar-refractivity contribution in [3.05, 3.63) is 66.5 Å². The number of hydrogen-bond acceptors (Lipinski definition) is 1. The first-order valence-electron chi connectivity index (χ1n) is 10.9. The summed E-state index contributed by atoms with van der Waals surface area (Å²) in [6, 6.07) is 17.5. The molecule has 0 radical (unpaired) electrons. The minimum Gasteiger partial charge on any atom is -0.494 e. The highest BCUT2D eigenvalue weighted by Gasteiger charge is 2.21. The predicted molar refractivity (Wildman–Crippen MR) is 116 cm³/mol. The zero-order chi connectivity index (χ0) is 19.6. The van der Waals surface area contributed by atoms with E-state index in [1.54, 1.807) is 6.08 Å². The second-order valence-corrected chi connectivity index (χ2v) is 8.02. The lowest BCUT2D eigenvalue weighted by molar-refractivity contribution is 0.306. The van der Waals surface area contributed by atoms with Crippen LogP contribution in [0.15, 0.2) is 60.9 Å². The molecule has 0 bridgehead atoms. The highest BCUT2D eigenvalue weighted by Crippen LogP contribution is 2.37. The van der Waals surface area contributed by atoms with Crippen molar-refractivity contribution in [2.45, 2.75) is 64.2 Å². The summed E-state index contributed by atoms with van der Waals surface area (Å²) >= 11 is 0. The standard InChI is InChI=1S/C26H33FO/c1-2-3-4-20-28-26-17-15-25(16-18-26)24-13-11-23(12-14-24)22-9-7-21(8-10-22)6-5-19-27/h5,11-19,21-22H,2-4,6-10,20H2,1H3. The molecule has 1 nitrogen and oxygen atoms in total. The molecule has 0 heterocycles. The van der Waals surface area contributed by atoms with Gasteiger partial charge in [0.25, 0.3) is 0 Å². The largest absolute Gasteiger partial charge is 0.494 e. The van der Waals surface area contributed by atoms with E-state index in [0.717, 1.165) is 25.2 Å². The maximum atomic E-state index is 12.2. The Morgan fingerprint density at radius 1 is 0.893 bits per heavy atom. The number of benzene rings is 2. The molecular formula is C26H33FO. The van der Waals surface area contributed by atoms with Crippen molar-refractivity contribution in [1.82, 2.24) is 0 Å². The Kier molecular flexibility index (Phi) is 8.14. The van der Waals surface area contributed by atoms with Crippen LogP contribution in [0.3, 0.4) is 0 Å². The molecule has 0 spiro atoms. The summed E-state index contributed by atoms with van der Waals surface area (Å²) in [5.41, 5.74) is 3.93. The zero-order valence-corrected chi connectivity index (χ0v) is 17.1. The molecular weight excluding hydrogens is 347 g/mol. The van der Waals surface area contributed by atoms with Crippen LogP contribution in [0.1, 0.15) is 69.8 Å². The van der Waals surface area contributed by atoms with Crippen molar-refractivity contribution >= 4 is 0 Å². The van der Waals surface area contributed by atoms with Crippen LogP contribution in [0.25, 0.3) is 11.1 Å². The summed E-state index contributed by atoms with van der Waals surface area (Å²) in [6.45, 7) is 3.01. The van der Waals surface area contributed by atoms with Gasteiger partial charge in [0.05, 0.1) is 12.9 Å². The molecule has 1 saturated carbocycles. The molecule has 0 saturated heterocycles. The van der Waals surface area contributed by atoms with Crippen molar-refractivity contribution in [3.63, 3.8) is 0 Å². The lowest BCUT2D eigenvalue weighted by atomic mass is 9.77. The third-order valence-corrected chi connectivity index (χ3v) is 5.99. The minimum absolute atomic E-state index is 0.651. The van der Waals surface area contributed by atoms with Gasteiger partial charge in [-0.25, -0.2) is 4.39 Å². The number of rotatable bonds is 9. The van der Waals surface area contributed by atoms with Crippen LogP contribution in [0.4, 0.5) is 4.39 Å². The summed E-state index contributed by atoms with van der Waals surface area (Å²) < 4.78 is 18.0. The van der Waals surface area contributed by atoms with Gasteiger partial charge >= 0.3 is 0 Å². The van der Waals surface area contributed by atoms with Crippen LogP contribution in [-0.2, 0) is 0 Å². The van der Waals surface area contributed by atoms with Crippen molar-refractivity contribution in [2.24, 2.45) is 5.92 Å². The van der Waals surface area contributed by atoms with Crippen LogP contribution in [0.2, 0.25) is 0 Å². The molecule has 0 unspecified atom stereocenters. The zero-order valence-electron chi connectivity index (χ0n) is 17.1. The summed E-state index contributed by atoms with van der Waals surface area (Å²) in [7, 11) is 0. The fourth-order valence-corrected chi connectivity index (χ4v) is 4.21. The first-order valence-corrected chi connectivity index (χ1v) is 10.9. The van der Waals surface area contributed by atoms with Crippen molar-refractivity contribution in [2.75, 3.05) is 6.61 Å². The van der Waals surface area contributed by atoms with Gasteiger partial charge in [-0.05, 0) is 79.2 Å². The Morgan fingerprint density at radius 3 is 2.14 bits per heavy atom. The van der Waals surface area contributed by atoms with Crippen LogP contribution in [0, 0.1) is 5.92 Å². The molecule has 0 atom stereocenters. The van der Waals surface area contributed by atoms with Gasteiger partial charge in [-0.3, -0.25) is 0 Å². The molecule has 1 aliphatic carbocycles. The Bertz CT molecular complexity index is 709. The van der Waals surface area contributed by atoms with Gasteiger partial charge in [-0.15, -0.1) is 0 Å². The van der Waals surface area contributed by atoms with E-state index in [4.69, 9.17) is 4.74 Å². The normalized spacial score (nSPS) is 19.8. The van der Waals surface area contributed by atoms with Crippen LogP contribution in [0.5, 0.6) is 5.75 Å². The first kappa shape index (κ1) is 20.6. The van der Waals surface area contributed by atoms with Gasteiger partial charge < -0.3 is 4.74 Å². The van der Waals surface area contributed by atoms with Crippen molar-refractivity contribution in [1.29, 1.82) is 0 Å². The van der Waals surface area contributed by atoms with Crippen LogP contribution < -0.4 is 4.74 Å². The SMILES string of the molecule is CCCCCOc1ccc(-c2ccc(C3CCC(CC=CF)CC3)cc2)cc1. The molecule has 2 aromatic carbocycles. The van der Waals surface area contributed by atoms with E-state index in [0.29, 0.717) is 18.2 Å². The van der Waals surface area contributed by atoms with Gasteiger partial charge in [-0.2, -0.15) is 0 Å². The fourth-order valence-electron chi connectivity index (χ4n) is 4.21. The molecule has 1 aliphatic rings. The van der Waals surface area contributed by atoms with E-state index in [1.807, 2.05) is 0 Å². The fraction of sp³-hybridized carbons (Fsp3) is 0.462. The number of halogens is 1. The molecule has 150 valence electrons. The lowest BCUT2D eigenvalue weighted by Gasteiger charge is -2.28. The predicted octanol–water partition coefficient (Wildman–Crippen LogP) is 8.07. The first-order chi connectivity index (χ1) is 13.8. The summed E-state index contributed by atoms with van der Waals surface area (Å²) in [6.07, 6.45) is 11.7. The Morgan fingerprint density at radius 2 is 1.54 bits per heavy atom. The Labute approximate surface area is 169 Å². The maximum Gasteiger partial charge on any atom is 0.119 e. The van der Waals surface area contributed by atoms with E-state index in [9.17, 15) is 4.39 Å². The summed E-state index contributed by atoms with van der Waals surface area (Å²) in [5, 5.41) is 0. The second kappa shape index (κ2) is 11.0. The van der Waals surface area contributed by atoms with Gasteiger partial charge in [0.1, 0.15) is 5.75 Å². The third-order valence-electron chi connectivity index (χ3n) is 5.99. The average Bonchev–Trinajstić information content (AvgIpc) is 2.76. The van der Waals surface area contributed by atoms with Gasteiger partial charge in [-0.1, -0.05) is 62.2 Å². The van der Waals surface area contributed by atoms with E-state index in [-0.39, 0.29) is 0 Å². The second-order valence-electron chi connectivity index (χ2n) is 8.02. The third kappa shape index (κ3) is 5.95. The maximum absolute atomic E-state index is 12.2. The lowest BCUT2D eigenvalue weighted by Crippen LogP contribution is -2.12. The highest BCUT2D eigenvalue weighted by molar-refractivity contribution is 5.64. The number of hydrogen-bond donors (Lipinski definition) is 0. The molecule has 28 heavy (non-hydrogen) atoms.